The minimum atomic E-state index is -1.62. The fraction of sp³-hybridized carbons (Fsp3) is 0.958. The first kappa shape index (κ1) is 32.5. The fourth-order valence-electron chi connectivity index (χ4n) is 4.97. The van der Waals surface area contributed by atoms with Gasteiger partial charge in [0.25, 0.3) is 0 Å². The van der Waals surface area contributed by atoms with Crippen LogP contribution in [0.5, 0.6) is 0 Å². The van der Waals surface area contributed by atoms with Crippen LogP contribution in [0.4, 0.5) is 0 Å². The second-order valence-corrected chi connectivity index (χ2v) is 10.2. The van der Waals surface area contributed by atoms with Gasteiger partial charge < -0.3 is 69.7 Å². The first-order valence-electron chi connectivity index (χ1n) is 13.2. The highest BCUT2D eigenvalue weighted by atomic mass is 16.7. The number of carbonyl (C=O) groups excluding carboxylic acids is 1. The van der Waals surface area contributed by atoms with E-state index in [2.05, 4.69) is 5.32 Å². The van der Waals surface area contributed by atoms with Crippen molar-refractivity contribution < 1.29 is 63.5 Å². The SMILES string of the molecule is CO[C@H]1[C@H](O[C@@H]2[C@@H](O)[C@H](C)O[C@@H](O[C@@H]3[C@@H](O)[C@H](C)O[C@@H](OCCCN)[C@@H]3O)[C@@H]2O)O[C@H](C)[C@@H](NC(C)=O)[C@@H]1O. The van der Waals surface area contributed by atoms with Crippen LogP contribution in [0, 0.1) is 0 Å². The molecule has 3 rings (SSSR count). The van der Waals surface area contributed by atoms with E-state index in [1.54, 1.807) is 13.8 Å². The molecule has 0 aromatic carbocycles. The van der Waals surface area contributed by atoms with Crippen molar-refractivity contribution in [3.63, 3.8) is 0 Å². The van der Waals surface area contributed by atoms with Gasteiger partial charge in [-0.25, -0.2) is 0 Å². The molecule has 3 aliphatic rings. The van der Waals surface area contributed by atoms with Gasteiger partial charge in [-0.05, 0) is 33.7 Å². The van der Waals surface area contributed by atoms with Crippen LogP contribution in [0.1, 0.15) is 34.1 Å². The molecule has 8 N–H and O–H groups in total. The maximum atomic E-state index is 11.6. The number of carbonyl (C=O) groups is 1. The highest BCUT2D eigenvalue weighted by molar-refractivity contribution is 5.73. The summed E-state index contributed by atoms with van der Waals surface area (Å²) in [5.41, 5.74) is 5.49. The molecular weight excluding hydrogens is 524 g/mol. The number of methoxy groups -OCH3 is 1. The van der Waals surface area contributed by atoms with E-state index in [1.165, 1.54) is 21.0 Å². The van der Waals surface area contributed by atoms with E-state index in [9.17, 15) is 30.3 Å². The van der Waals surface area contributed by atoms with Crippen LogP contribution >= 0.6 is 0 Å². The Kier molecular flexibility index (Phi) is 11.8. The Morgan fingerprint density at radius 2 is 1.28 bits per heavy atom. The molecule has 3 heterocycles. The van der Waals surface area contributed by atoms with E-state index in [4.69, 9.17) is 38.9 Å². The van der Waals surface area contributed by atoms with Gasteiger partial charge in [0.15, 0.2) is 18.9 Å². The molecule has 3 saturated heterocycles. The third-order valence-electron chi connectivity index (χ3n) is 7.25. The van der Waals surface area contributed by atoms with Crippen LogP contribution in [0.25, 0.3) is 0 Å². The molecule has 0 unspecified atom stereocenters. The molecule has 0 spiro atoms. The molecule has 0 radical (unpaired) electrons. The lowest BCUT2D eigenvalue weighted by molar-refractivity contribution is -0.373. The van der Waals surface area contributed by atoms with Gasteiger partial charge in [0.1, 0.15) is 48.8 Å². The molecule has 228 valence electrons. The summed E-state index contributed by atoms with van der Waals surface area (Å²) >= 11 is 0. The maximum absolute atomic E-state index is 11.6. The van der Waals surface area contributed by atoms with Gasteiger partial charge in [0.05, 0.1) is 31.0 Å². The Morgan fingerprint density at radius 3 is 1.82 bits per heavy atom. The van der Waals surface area contributed by atoms with E-state index in [0.29, 0.717) is 13.0 Å². The minimum Gasteiger partial charge on any atom is -0.388 e. The van der Waals surface area contributed by atoms with Gasteiger partial charge in [0, 0.05) is 14.0 Å². The third kappa shape index (κ3) is 7.43. The van der Waals surface area contributed by atoms with Gasteiger partial charge in [-0.1, -0.05) is 0 Å². The summed E-state index contributed by atoms with van der Waals surface area (Å²) < 4.78 is 39.8. The number of amides is 1. The highest BCUT2D eigenvalue weighted by Crippen LogP contribution is 2.33. The van der Waals surface area contributed by atoms with Crippen LogP contribution in [-0.2, 0) is 38.0 Å². The topological polar surface area (TPSA) is 221 Å². The molecular formula is C24H44N2O13. The number of nitrogens with two attached hydrogens (primary N) is 1. The standard InChI is InChI=1S/C24H44N2O13/c1-9-13(26-12(4)27)16(30)21(33-5)24(35-9)39-20-15(29)11(3)37-23(18(20)32)38-19-14(28)10(2)36-22(17(19)31)34-8-6-7-25/h9-11,13-24,28-32H,6-8,25H2,1-5H3,(H,26,27)/t9-,10+,11+,13-,14+,15+,16+,17-,18-,19-,20-,21-,22-,23+,24+/m1/s1. The fourth-order valence-corrected chi connectivity index (χ4v) is 4.97. The Hall–Kier alpha value is -1.05. The first-order valence-corrected chi connectivity index (χ1v) is 13.2. The molecule has 3 aliphatic heterocycles. The summed E-state index contributed by atoms with van der Waals surface area (Å²) in [4.78, 5) is 11.6. The van der Waals surface area contributed by atoms with Crippen molar-refractivity contribution >= 4 is 5.91 Å². The molecule has 15 atom stereocenters. The molecule has 0 saturated carbocycles. The average Bonchev–Trinajstić information content (AvgIpc) is 2.88. The van der Waals surface area contributed by atoms with Crippen LogP contribution in [0.15, 0.2) is 0 Å². The second kappa shape index (κ2) is 14.2. The van der Waals surface area contributed by atoms with Crippen molar-refractivity contribution in [3.8, 4) is 0 Å². The lowest BCUT2D eigenvalue weighted by Crippen LogP contribution is -2.67. The molecule has 39 heavy (non-hydrogen) atoms. The largest absolute Gasteiger partial charge is 0.388 e. The van der Waals surface area contributed by atoms with Gasteiger partial charge in [-0.2, -0.15) is 0 Å². The Morgan fingerprint density at radius 1 is 0.769 bits per heavy atom. The lowest BCUT2D eigenvalue weighted by Gasteiger charge is -2.48. The maximum Gasteiger partial charge on any atom is 0.217 e. The van der Waals surface area contributed by atoms with Crippen LogP contribution in [0.3, 0.4) is 0 Å². The number of hydrogen-bond acceptors (Lipinski definition) is 14. The molecule has 1 amide bonds. The molecule has 0 aromatic heterocycles. The summed E-state index contributed by atoms with van der Waals surface area (Å²) in [5.74, 6) is -0.369. The Balaban J connectivity index is 1.73. The second-order valence-electron chi connectivity index (χ2n) is 10.2. The summed E-state index contributed by atoms with van der Waals surface area (Å²) in [6.07, 6.45) is -16.3. The Bertz CT molecular complexity index is 780. The zero-order valence-corrected chi connectivity index (χ0v) is 22.9. The van der Waals surface area contributed by atoms with E-state index in [-0.39, 0.29) is 12.5 Å². The monoisotopic (exact) mass is 568 g/mol. The lowest BCUT2D eigenvalue weighted by atomic mass is 9.95. The molecule has 15 nitrogen and oxygen atoms in total. The number of aliphatic hydroxyl groups excluding tert-OH is 5. The van der Waals surface area contributed by atoms with Gasteiger partial charge in [-0.15, -0.1) is 0 Å². The van der Waals surface area contributed by atoms with Crippen LogP contribution in [-0.4, -0.2) is 144 Å². The van der Waals surface area contributed by atoms with Crippen molar-refractivity contribution in [2.45, 2.75) is 126 Å². The number of hydrogen-bond donors (Lipinski definition) is 7. The summed E-state index contributed by atoms with van der Waals surface area (Å²) in [6, 6.07) is -0.787. The van der Waals surface area contributed by atoms with Crippen LogP contribution < -0.4 is 11.1 Å². The van der Waals surface area contributed by atoms with E-state index < -0.39 is 92.1 Å². The zero-order chi connectivity index (χ0) is 29.0. The van der Waals surface area contributed by atoms with Crippen LogP contribution in [0.2, 0.25) is 0 Å². The number of nitrogens with one attached hydrogen (secondary N) is 1. The van der Waals surface area contributed by atoms with Crippen molar-refractivity contribution in [2.75, 3.05) is 20.3 Å². The zero-order valence-electron chi connectivity index (χ0n) is 22.9. The van der Waals surface area contributed by atoms with Crippen molar-refractivity contribution in [1.82, 2.24) is 5.32 Å². The molecule has 0 bridgehead atoms. The highest BCUT2D eigenvalue weighted by Gasteiger charge is 2.53. The summed E-state index contributed by atoms with van der Waals surface area (Å²) in [6.45, 7) is 6.63. The van der Waals surface area contributed by atoms with Crippen molar-refractivity contribution in [1.29, 1.82) is 0 Å². The summed E-state index contributed by atoms with van der Waals surface area (Å²) in [7, 11) is 1.32. The predicted molar refractivity (Wildman–Crippen MR) is 131 cm³/mol. The quantitative estimate of drug-likeness (QED) is 0.128. The normalized spacial score (nSPS) is 47.1. The molecule has 0 aromatic rings. The van der Waals surface area contributed by atoms with Gasteiger partial charge in [0.2, 0.25) is 5.91 Å². The average molecular weight is 569 g/mol. The van der Waals surface area contributed by atoms with E-state index >= 15 is 0 Å². The van der Waals surface area contributed by atoms with E-state index in [1.807, 2.05) is 0 Å². The molecule has 0 aliphatic carbocycles. The number of rotatable bonds is 10. The van der Waals surface area contributed by atoms with Gasteiger partial charge in [-0.3, -0.25) is 4.79 Å². The smallest absolute Gasteiger partial charge is 0.217 e. The number of ether oxygens (including phenoxy) is 7. The predicted octanol–water partition coefficient (Wildman–Crippen LogP) is -3.32. The Labute approximate surface area is 227 Å². The third-order valence-corrected chi connectivity index (χ3v) is 7.25. The number of aliphatic hydroxyl groups is 5. The van der Waals surface area contributed by atoms with Gasteiger partial charge >= 0.3 is 0 Å². The minimum absolute atomic E-state index is 0.213. The summed E-state index contributed by atoms with van der Waals surface area (Å²) in [5, 5.41) is 56.9. The van der Waals surface area contributed by atoms with Crippen molar-refractivity contribution in [3.05, 3.63) is 0 Å². The van der Waals surface area contributed by atoms with E-state index in [0.717, 1.165) is 0 Å². The van der Waals surface area contributed by atoms with Crippen molar-refractivity contribution in [2.24, 2.45) is 5.73 Å². The first-order chi connectivity index (χ1) is 18.4. The molecule has 3 fully saturated rings. The molecule has 15 heteroatoms.